The number of rotatable bonds is 5. The lowest BCUT2D eigenvalue weighted by molar-refractivity contribution is 0.195. The van der Waals surface area contributed by atoms with Crippen molar-refractivity contribution in [2.24, 2.45) is 0 Å². The Bertz CT molecular complexity index is 620. The zero-order valence-corrected chi connectivity index (χ0v) is 13.1. The monoisotopic (exact) mass is 290 g/mol. The maximum Gasteiger partial charge on any atom is 0.163 e. The van der Waals surface area contributed by atoms with Crippen LogP contribution in [-0.4, -0.2) is 29.1 Å². The lowest BCUT2D eigenvalue weighted by Gasteiger charge is -2.19. The van der Waals surface area contributed by atoms with Crippen LogP contribution in [0.5, 0.6) is 11.5 Å². The number of hydrogen-bond acceptors (Lipinski definition) is 4. The topological polar surface area (TPSA) is 56.5 Å². The summed E-state index contributed by atoms with van der Waals surface area (Å²) in [5.41, 5.74) is 2.41. The van der Waals surface area contributed by atoms with Crippen molar-refractivity contribution < 1.29 is 14.6 Å². The molecule has 0 bridgehead atoms. The molecule has 5 heteroatoms. The quantitative estimate of drug-likeness (QED) is 0.920. The van der Waals surface area contributed by atoms with E-state index in [0.717, 1.165) is 5.56 Å². The maximum atomic E-state index is 10.8. The first-order chi connectivity index (χ1) is 9.99. The van der Waals surface area contributed by atoms with Crippen LogP contribution in [0.2, 0.25) is 0 Å². The predicted molar refractivity (Wildman–Crippen MR) is 81.0 cm³/mol. The minimum atomic E-state index is -0.861. The molecule has 0 aliphatic heterocycles. The summed E-state index contributed by atoms with van der Waals surface area (Å²) >= 11 is 0. The third-order valence-electron chi connectivity index (χ3n) is 3.45. The van der Waals surface area contributed by atoms with E-state index in [1.165, 1.54) is 0 Å². The molecule has 1 N–H and O–H groups in total. The molecule has 1 atom stereocenters. The summed E-state index contributed by atoms with van der Waals surface area (Å²) in [7, 11) is 3.17. The molecule has 0 spiro atoms. The fraction of sp³-hybridized carbons (Fsp3) is 0.438. The molecule has 0 fully saturated rings. The molecule has 0 aliphatic rings. The number of aliphatic hydroxyl groups excluding tert-OH is 1. The van der Waals surface area contributed by atoms with E-state index in [1.807, 2.05) is 39.0 Å². The standard InChI is InChI=1S/C16H22N2O3/c1-10(2)18-15(14(21-5)9-17-18)16(19)12-7-6-11(3)8-13(12)20-4/h6-10,16,19H,1-5H3. The van der Waals surface area contributed by atoms with Crippen molar-refractivity contribution in [3.63, 3.8) is 0 Å². The number of benzene rings is 1. The molecule has 1 unspecified atom stereocenters. The van der Waals surface area contributed by atoms with Gasteiger partial charge in [-0.25, -0.2) is 0 Å². The van der Waals surface area contributed by atoms with Crippen molar-refractivity contribution in [3.8, 4) is 11.5 Å². The molecule has 2 rings (SSSR count). The highest BCUT2D eigenvalue weighted by atomic mass is 16.5. The van der Waals surface area contributed by atoms with E-state index in [-0.39, 0.29) is 6.04 Å². The minimum absolute atomic E-state index is 0.120. The first kappa shape index (κ1) is 15.4. The van der Waals surface area contributed by atoms with Gasteiger partial charge in [0.2, 0.25) is 0 Å². The third kappa shape index (κ3) is 2.88. The van der Waals surface area contributed by atoms with Crippen LogP contribution in [0.25, 0.3) is 0 Å². The van der Waals surface area contributed by atoms with E-state index < -0.39 is 6.10 Å². The highest BCUT2D eigenvalue weighted by Gasteiger charge is 2.25. The van der Waals surface area contributed by atoms with Gasteiger partial charge in [0.05, 0.1) is 20.4 Å². The number of aryl methyl sites for hydroxylation is 1. The molecular formula is C16H22N2O3. The van der Waals surface area contributed by atoms with Gasteiger partial charge in [0, 0.05) is 11.6 Å². The fourth-order valence-electron chi connectivity index (χ4n) is 2.38. The normalized spacial score (nSPS) is 12.5. The van der Waals surface area contributed by atoms with E-state index >= 15 is 0 Å². The molecule has 1 heterocycles. The van der Waals surface area contributed by atoms with Crippen LogP contribution in [0.15, 0.2) is 24.4 Å². The molecule has 0 aliphatic carbocycles. The zero-order chi connectivity index (χ0) is 15.6. The number of nitrogens with zero attached hydrogens (tertiary/aromatic N) is 2. The van der Waals surface area contributed by atoms with Crippen LogP contribution >= 0.6 is 0 Å². The molecular weight excluding hydrogens is 268 g/mol. The molecule has 5 nitrogen and oxygen atoms in total. The fourth-order valence-corrected chi connectivity index (χ4v) is 2.38. The summed E-state index contributed by atoms with van der Waals surface area (Å²) in [6.45, 7) is 6.00. The molecule has 21 heavy (non-hydrogen) atoms. The van der Waals surface area contributed by atoms with Gasteiger partial charge in [-0.3, -0.25) is 4.68 Å². The van der Waals surface area contributed by atoms with E-state index in [9.17, 15) is 5.11 Å². The van der Waals surface area contributed by atoms with Crippen LogP contribution in [0.1, 0.15) is 42.8 Å². The number of hydrogen-bond donors (Lipinski definition) is 1. The summed E-state index contributed by atoms with van der Waals surface area (Å²) < 4.78 is 12.5. The molecule has 1 aromatic carbocycles. The molecule has 114 valence electrons. The summed E-state index contributed by atoms with van der Waals surface area (Å²) in [5.74, 6) is 1.22. The number of aliphatic hydroxyl groups is 1. The van der Waals surface area contributed by atoms with Gasteiger partial charge in [-0.1, -0.05) is 12.1 Å². The van der Waals surface area contributed by atoms with Gasteiger partial charge in [-0.2, -0.15) is 5.10 Å². The molecule has 1 aromatic heterocycles. The Kier molecular flexibility index (Phi) is 4.53. The van der Waals surface area contributed by atoms with Crippen LogP contribution in [0.3, 0.4) is 0 Å². The zero-order valence-electron chi connectivity index (χ0n) is 13.1. The summed E-state index contributed by atoms with van der Waals surface area (Å²) in [5, 5.41) is 15.1. The Morgan fingerprint density at radius 3 is 2.38 bits per heavy atom. The summed E-state index contributed by atoms with van der Waals surface area (Å²) in [4.78, 5) is 0. The first-order valence-corrected chi connectivity index (χ1v) is 6.93. The van der Waals surface area contributed by atoms with Crippen LogP contribution in [0.4, 0.5) is 0 Å². The predicted octanol–water partition coefficient (Wildman–Crippen LogP) is 2.87. The van der Waals surface area contributed by atoms with Crippen LogP contribution in [0, 0.1) is 6.92 Å². The summed E-state index contributed by atoms with van der Waals surface area (Å²) in [6.07, 6.45) is 0.763. The molecule has 2 aromatic rings. The minimum Gasteiger partial charge on any atom is -0.496 e. The smallest absolute Gasteiger partial charge is 0.163 e. The van der Waals surface area contributed by atoms with Crippen molar-refractivity contribution in [3.05, 3.63) is 41.2 Å². The average Bonchev–Trinajstić information content (AvgIpc) is 2.90. The van der Waals surface area contributed by atoms with Crippen LogP contribution in [-0.2, 0) is 0 Å². The Labute approximate surface area is 125 Å². The van der Waals surface area contributed by atoms with E-state index in [2.05, 4.69) is 5.10 Å². The second kappa shape index (κ2) is 6.18. The molecule has 0 radical (unpaired) electrons. The Morgan fingerprint density at radius 1 is 1.14 bits per heavy atom. The van der Waals surface area contributed by atoms with Crippen molar-refractivity contribution in [2.45, 2.75) is 32.9 Å². The second-order valence-corrected chi connectivity index (χ2v) is 5.28. The average molecular weight is 290 g/mol. The Hall–Kier alpha value is -2.01. The van der Waals surface area contributed by atoms with Crippen molar-refractivity contribution in [1.82, 2.24) is 9.78 Å². The van der Waals surface area contributed by atoms with E-state index in [4.69, 9.17) is 9.47 Å². The van der Waals surface area contributed by atoms with Crippen molar-refractivity contribution in [2.75, 3.05) is 14.2 Å². The van der Waals surface area contributed by atoms with Gasteiger partial charge in [0.15, 0.2) is 5.75 Å². The maximum absolute atomic E-state index is 10.8. The number of aromatic nitrogens is 2. The van der Waals surface area contributed by atoms with Gasteiger partial charge >= 0.3 is 0 Å². The number of ether oxygens (including phenoxy) is 2. The molecule has 0 saturated heterocycles. The molecule has 0 amide bonds. The highest BCUT2D eigenvalue weighted by Crippen LogP contribution is 2.36. The van der Waals surface area contributed by atoms with E-state index in [1.54, 1.807) is 25.1 Å². The van der Waals surface area contributed by atoms with Gasteiger partial charge in [-0.15, -0.1) is 0 Å². The van der Waals surface area contributed by atoms with Gasteiger partial charge in [-0.05, 0) is 32.4 Å². The third-order valence-corrected chi connectivity index (χ3v) is 3.45. The van der Waals surface area contributed by atoms with Gasteiger partial charge in [0.1, 0.15) is 17.5 Å². The van der Waals surface area contributed by atoms with Crippen molar-refractivity contribution >= 4 is 0 Å². The molecule has 0 saturated carbocycles. The van der Waals surface area contributed by atoms with E-state index in [0.29, 0.717) is 22.8 Å². The Balaban J connectivity index is 2.54. The Morgan fingerprint density at radius 2 is 1.81 bits per heavy atom. The SMILES string of the molecule is COc1cc(C)ccc1C(O)c1c(OC)cnn1C(C)C. The highest BCUT2D eigenvalue weighted by molar-refractivity contribution is 5.44. The van der Waals surface area contributed by atoms with Gasteiger partial charge in [0.25, 0.3) is 0 Å². The summed E-state index contributed by atoms with van der Waals surface area (Å²) in [6, 6.07) is 5.84. The van der Waals surface area contributed by atoms with Crippen molar-refractivity contribution in [1.29, 1.82) is 0 Å². The first-order valence-electron chi connectivity index (χ1n) is 6.93. The lowest BCUT2D eigenvalue weighted by Crippen LogP contribution is -2.13. The lowest BCUT2D eigenvalue weighted by atomic mass is 10.0. The second-order valence-electron chi connectivity index (χ2n) is 5.28. The van der Waals surface area contributed by atoms with Crippen LogP contribution < -0.4 is 9.47 Å². The number of methoxy groups -OCH3 is 2. The largest absolute Gasteiger partial charge is 0.496 e. The van der Waals surface area contributed by atoms with Gasteiger partial charge < -0.3 is 14.6 Å².